The van der Waals surface area contributed by atoms with Gasteiger partial charge in [-0.15, -0.1) is 0 Å². The molecule has 0 saturated carbocycles. The normalized spacial score (nSPS) is 22.9. The van der Waals surface area contributed by atoms with Gasteiger partial charge in [-0.2, -0.15) is 0 Å². The summed E-state index contributed by atoms with van der Waals surface area (Å²) in [6.45, 7) is 0.989. The Hall–Kier alpha value is -1.06. The molecule has 1 aromatic rings. The van der Waals surface area contributed by atoms with E-state index in [0.29, 0.717) is 6.42 Å². The molecule has 1 heterocycles. The van der Waals surface area contributed by atoms with E-state index in [4.69, 9.17) is 0 Å². The van der Waals surface area contributed by atoms with Crippen molar-refractivity contribution in [3.05, 3.63) is 29.8 Å². The first-order chi connectivity index (χ1) is 7.77. The molecule has 0 spiro atoms. The van der Waals surface area contributed by atoms with Crippen LogP contribution in [0.1, 0.15) is 24.8 Å². The number of phenolic OH excluding ortho intramolecular Hbond substituents is 1. The van der Waals surface area contributed by atoms with Crippen LogP contribution in [0.3, 0.4) is 0 Å². The molecule has 0 amide bonds. The van der Waals surface area contributed by atoms with Crippen LogP contribution in [0.25, 0.3) is 0 Å². The highest BCUT2D eigenvalue weighted by atomic mass is 16.3. The van der Waals surface area contributed by atoms with Gasteiger partial charge in [0, 0.05) is 12.5 Å². The third kappa shape index (κ3) is 2.74. The van der Waals surface area contributed by atoms with Gasteiger partial charge < -0.3 is 15.5 Å². The minimum absolute atomic E-state index is 0.174. The number of hydrogen-bond donors (Lipinski definition) is 3. The number of rotatable bonds is 3. The number of nitrogens with one attached hydrogen (secondary N) is 1. The molecule has 3 N–H and O–H groups in total. The predicted octanol–water partition coefficient (Wildman–Crippen LogP) is 1.44. The number of piperidine rings is 1. The van der Waals surface area contributed by atoms with Gasteiger partial charge in [-0.25, -0.2) is 0 Å². The Labute approximate surface area is 96.1 Å². The molecule has 3 heteroatoms. The largest absolute Gasteiger partial charge is 0.508 e. The Balaban J connectivity index is 1.96. The molecule has 1 aliphatic rings. The summed E-state index contributed by atoms with van der Waals surface area (Å²) in [6.07, 6.45) is 3.50. The fraction of sp³-hybridized carbons (Fsp3) is 0.538. The molecule has 1 aliphatic heterocycles. The molecule has 0 radical (unpaired) electrons. The Morgan fingerprint density at radius 2 is 2.12 bits per heavy atom. The lowest BCUT2D eigenvalue weighted by Gasteiger charge is -2.28. The monoisotopic (exact) mass is 221 g/mol. The summed E-state index contributed by atoms with van der Waals surface area (Å²) < 4.78 is 0. The van der Waals surface area contributed by atoms with Gasteiger partial charge in [0.15, 0.2) is 0 Å². The van der Waals surface area contributed by atoms with E-state index in [2.05, 4.69) is 5.32 Å². The number of hydrogen-bond acceptors (Lipinski definition) is 3. The van der Waals surface area contributed by atoms with E-state index in [0.717, 1.165) is 18.5 Å². The van der Waals surface area contributed by atoms with Gasteiger partial charge in [-0.3, -0.25) is 0 Å². The van der Waals surface area contributed by atoms with E-state index in [1.807, 2.05) is 12.1 Å². The maximum absolute atomic E-state index is 10.1. The lowest BCUT2D eigenvalue weighted by atomic mass is 9.95. The number of benzene rings is 1. The van der Waals surface area contributed by atoms with Crippen molar-refractivity contribution in [1.29, 1.82) is 0 Å². The lowest BCUT2D eigenvalue weighted by molar-refractivity contribution is 0.112. The molecule has 1 fully saturated rings. The van der Waals surface area contributed by atoms with Gasteiger partial charge in [0.25, 0.3) is 0 Å². The van der Waals surface area contributed by atoms with E-state index in [-0.39, 0.29) is 11.8 Å². The molecule has 88 valence electrons. The molecule has 16 heavy (non-hydrogen) atoms. The van der Waals surface area contributed by atoms with Crippen LogP contribution in [0.4, 0.5) is 0 Å². The van der Waals surface area contributed by atoms with Crippen molar-refractivity contribution in [2.75, 3.05) is 6.54 Å². The van der Waals surface area contributed by atoms with E-state index >= 15 is 0 Å². The Bertz CT molecular complexity index is 334. The quantitative estimate of drug-likeness (QED) is 0.724. The van der Waals surface area contributed by atoms with Gasteiger partial charge in [-0.05, 0) is 31.0 Å². The zero-order valence-electron chi connectivity index (χ0n) is 9.39. The zero-order chi connectivity index (χ0) is 11.4. The van der Waals surface area contributed by atoms with Gasteiger partial charge in [0.05, 0.1) is 6.10 Å². The summed E-state index contributed by atoms with van der Waals surface area (Å²) in [7, 11) is 0. The van der Waals surface area contributed by atoms with Crippen LogP contribution < -0.4 is 5.32 Å². The Morgan fingerprint density at radius 3 is 2.81 bits per heavy atom. The molecule has 1 aromatic carbocycles. The number of aromatic hydroxyl groups is 1. The molecule has 2 atom stereocenters. The van der Waals surface area contributed by atoms with Crippen LogP contribution in [0, 0.1) is 0 Å². The maximum Gasteiger partial charge on any atom is 0.118 e. The van der Waals surface area contributed by atoms with Crippen molar-refractivity contribution in [3.63, 3.8) is 0 Å². The topological polar surface area (TPSA) is 52.5 Å². The summed E-state index contributed by atoms with van der Waals surface area (Å²) in [5.41, 5.74) is 0.822. The molecule has 3 nitrogen and oxygen atoms in total. The SMILES string of the molecule is Oc1ccccc1CC(O)C1CCCCN1. The van der Waals surface area contributed by atoms with Crippen LogP contribution in [-0.2, 0) is 6.42 Å². The molecule has 2 rings (SSSR count). The standard InChI is InChI=1S/C13H19NO2/c15-12-7-2-1-5-10(12)9-13(16)11-6-3-4-8-14-11/h1-2,5,7,11,13-16H,3-4,6,8-9H2. The third-order valence-corrected chi connectivity index (χ3v) is 3.23. The van der Waals surface area contributed by atoms with Crippen molar-refractivity contribution in [2.24, 2.45) is 0 Å². The average Bonchev–Trinajstić information content (AvgIpc) is 2.33. The van der Waals surface area contributed by atoms with E-state index in [9.17, 15) is 10.2 Å². The number of para-hydroxylation sites is 1. The van der Waals surface area contributed by atoms with Crippen LogP contribution in [-0.4, -0.2) is 28.9 Å². The zero-order valence-corrected chi connectivity index (χ0v) is 9.39. The summed E-state index contributed by atoms with van der Waals surface area (Å²) >= 11 is 0. The second-order valence-corrected chi connectivity index (χ2v) is 4.46. The van der Waals surface area contributed by atoms with E-state index < -0.39 is 6.10 Å². The summed E-state index contributed by atoms with van der Waals surface area (Å²) in [4.78, 5) is 0. The van der Waals surface area contributed by atoms with Crippen molar-refractivity contribution in [1.82, 2.24) is 5.32 Å². The van der Waals surface area contributed by atoms with E-state index in [1.165, 1.54) is 12.8 Å². The van der Waals surface area contributed by atoms with Gasteiger partial charge in [-0.1, -0.05) is 24.6 Å². The molecule has 1 saturated heterocycles. The molecular formula is C13H19NO2. The minimum Gasteiger partial charge on any atom is -0.508 e. The third-order valence-electron chi connectivity index (χ3n) is 3.23. The Kier molecular flexibility index (Phi) is 3.80. The number of phenols is 1. The molecule has 2 unspecified atom stereocenters. The first-order valence-electron chi connectivity index (χ1n) is 5.95. The summed E-state index contributed by atoms with van der Waals surface area (Å²) in [5.74, 6) is 0.275. The Morgan fingerprint density at radius 1 is 1.31 bits per heavy atom. The highest BCUT2D eigenvalue weighted by molar-refractivity contribution is 5.32. The van der Waals surface area contributed by atoms with Crippen LogP contribution >= 0.6 is 0 Å². The van der Waals surface area contributed by atoms with Crippen molar-refractivity contribution < 1.29 is 10.2 Å². The summed E-state index contributed by atoms with van der Waals surface area (Å²) in [6, 6.07) is 7.38. The molecular weight excluding hydrogens is 202 g/mol. The van der Waals surface area contributed by atoms with Crippen molar-refractivity contribution in [3.8, 4) is 5.75 Å². The van der Waals surface area contributed by atoms with Gasteiger partial charge >= 0.3 is 0 Å². The smallest absolute Gasteiger partial charge is 0.118 e. The summed E-state index contributed by atoms with van der Waals surface area (Å²) in [5, 5.41) is 23.0. The molecule has 0 aromatic heterocycles. The second-order valence-electron chi connectivity index (χ2n) is 4.46. The predicted molar refractivity (Wildman–Crippen MR) is 63.5 cm³/mol. The van der Waals surface area contributed by atoms with Gasteiger partial charge in [0.2, 0.25) is 0 Å². The number of aliphatic hydroxyl groups excluding tert-OH is 1. The van der Waals surface area contributed by atoms with E-state index in [1.54, 1.807) is 12.1 Å². The van der Waals surface area contributed by atoms with Crippen LogP contribution in [0.15, 0.2) is 24.3 Å². The van der Waals surface area contributed by atoms with Crippen LogP contribution in [0.5, 0.6) is 5.75 Å². The van der Waals surface area contributed by atoms with Gasteiger partial charge in [0.1, 0.15) is 5.75 Å². The first-order valence-corrected chi connectivity index (χ1v) is 5.95. The fourth-order valence-electron chi connectivity index (χ4n) is 2.26. The van der Waals surface area contributed by atoms with Crippen molar-refractivity contribution >= 4 is 0 Å². The average molecular weight is 221 g/mol. The molecule has 0 bridgehead atoms. The first kappa shape index (κ1) is 11.4. The second kappa shape index (κ2) is 5.32. The molecule has 0 aliphatic carbocycles. The maximum atomic E-state index is 10.1. The van der Waals surface area contributed by atoms with Crippen LogP contribution in [0.2, 0.25) is 0 Å². The number of aliphatic hydroxyl groups is 1. The fourth-order valence-corrected chi connectivity index (χ4v) is 2.26. The minimum atomic E-state index is -0.409. The highest BCUT2D eigenvalue weighted by Gasteiger charge is 2.21. The van der Waals surface area contributed by atoms with Crippen molar-refractivity contribution in [2.45, 2.75) is 37.8 Å². The lowest BCUT2D eigenvalue weighted by Crippen LogP contribution is -2.44. The highest BCUT2D eigenvalue weighted by Crippen LogP contribution is 2.20.